The summed E-state index contributed by atoms with van der Waals surface area (Å²) < 4.78 is 5.11. The number of methoxy groups -OCH3 is 1. The second-order valence-corrected chi connectivity index (χ2v) is 6.88. The second kappa shape index (κ2) is 9.14. The van der Waals surface area contributed by atoms with Crippen LogP contribution < -0.4 is 4.74 Å². The molecule has 0 unspecified atom stereocenters. The summed E-state index contributed by atoms with van der Waals surface area (Å²) in [7, 11) is 1.58. The summed E-state index contributed by atoms with van der Waals surface area (Å²) in [5, 5.41) is 10.8. The SMILES string of the molecule is COc1ccc(C(=O)C2CCN(C(=O)/C=C/c3cccc([N+](=O)[O-])c3)CC2)cc1. The molecule has 0 spiro atoms. The lowest BCUT2D eigenvalue weighted by molar-refractivity contribution is -0.384. The number of hydrogen-bond acceptors (Lipinski definition) is 5. The number of nitrogens with zero attached hydrogens (tertiary/aromatic N) is 2. The molecule has 0 radical (unpaired) electrons. The summed E-state index contributed by atoms with van der Waals surface area (Å²) in [4.78, 5) is 37.1. The topological polar surface area (TPSA) is 89.8 Å². The summed E-state index contributed by atoms with van der Waals surface area (Å²) >= 11 is 0. The normalized spacial score (nSPS) is 14.7. The van der Waals surface area contributed by atoms with Crippen LogP contribution in [-0.2, 0) is 4.79 Å². The molecule has 0 saturated carbocycles. The number of non-ortho nitro benzene ring substituents is 1. The Kier molecular flexibility index (Phi) is 6.39. The van der Waals surface area contributed by atoms with Crippen LogP contribution in [-0.4, -0.2) is 41.7 Å². The molecule has 1 heterocycles. The standard InChI is InChI=1S/C22H22N2O5/c1-29-20-8-6-17(7-9-20)22(26)18-11-13-23(14-12-18)21(25)10-5-16-3-2-4-19(15-16)24(27)28/h2-10,15,18H,11-14H2,1H3/b10-5+. The van der Waals surface area contributed by atoms with Crippen molar-refractivity contribution in [2.24, 2.45) is 5.92 Å². The first-order chi connectivity index (χ1) is 14.0. The smallest absolute Gasteiger partial charge is 0.270 e. The summed E-state index contributed by atoms with van der Waals surface area (Å²) in [5.41, 5.74) is 1.23. The van der Waals surface area contributed by atoms with E-state index >= 15 is 0 Å². The summed E-state index contributed by atoms with van der Waals surface area (Å²) in [6.07, 6.45) is 4.22. The fourth-order valence-electron chi connectivity index (χ4n) is 3.37. The van der Waals surface area contributed by atoms with Gasteiger partial charge in [-0.15, -0.1) is 0 Å². The average molecular weight is 394 g/mol. The molecule has 7 nitrogen and oxygen atoms in total. The van der Waals surface area contributed by atoms with E-state index in [2.05, 4.69) is 0 Å². The second-order valence-electron chi connectivity index (χ2n) is 6.88. The van der Waals surface area contributed by atoms with Crippen LogP contribution >= 0.6 is 0 Å². The van der Waals surface area contributed by atoms with Crippen molar-refractivity contribution in [3.63, 3.8) is 0 Å². The largest absolute Gasteiger partial charge is 0.497 e. The quantitative estimate of drug-likeness (QED) is 0.322. The minimum Gasteiger partial charge on any atom is -0.497 e. The zero-order valence-corrected chi connectivity index (χ0v) is 16.1. The van der Waals surface area contributed by atoms with Gasteiger partial charge in [0.05, 0.1) is 12.0 Å². The van der Waals surface area contributed by atoms with E-state index in [4.69, 9.17) is 4.74 Å². The number of ether oxygens (including phenoxy) is 1. The molecule has 0 atom stereocenters. The molecule has 0 aromatic heterocycles. The van der Waals surface area contributed by atoms with Gasteiger partial charge in [-0.2, -0.15) is 0 Å². The van der Waals surface area contributed by atoms with E-state index in [9.17, 15) is 19.7 Å². The predicted octanol–water partition coefficient (Wildman–Crippen LogP) is 3.74. The van der Waals surface area contributed by atoms with Gasteiger partial charge in [-0.1, -0.05) is 12.1 Å². The average Bonchev–Trinajstić information content (AvgIpc) is 2.77. The number of piperidine rings is 1. The highest BCUT2D eigenvalue weighted by Gasteiger charge is 2.27. The molecular formula is C22H22N2O5. The monoisotopic (exact) mass is 394 g/mol. The third-order valence-electron chi connectivity index (χ3n) is 5.05. The maximum Gasteiger partial charge on any atom is 0.270 e. The number of benzene rings is 2. The van der Waals surface area contributed by atoms with Gasteiger partial charge in [0, 0.05) is 42.8 Å². The zero-order chi connectivity index (χ0) is 20.8. The number of rotatable bonds is 6. The molecule has 2 aromatic carbocycles. The van der Waals surface area contributed by atoms with Crippen LogP contribution in [0.4, 0.5) is 5.69 Å². The fraction of sp³-hybridized carbons (Fsp3) is 0.273. The van der Waals surface area contributed by atoms with Crippen molar-refractivity contribution in [2.75, 3.05) is 20.2 Å². The van der Waals surface area contributed by atoms with E-state index in [0.29, 0.717) is 42.8 Å². The highest BCUT2D eigenvalue weighted by atomic mass is 16.6. The Bertz CT molecular complexity index is 928. The number of amides is 1. The van der Waals surface area contributed by atoms with Gasteiger partial charge >= 0.3 is 0 Å². The molecule has 0 aliphatic carbocycles. The van der Waals surface area contributed by atoms with E-state index in [1.54, 1.807) is 54.5 Å². The molecule has 2 aromatic rings. The molecule has 29 heavy (non-hydrogen) atoms. The Hall–Kier alpha value is -3.48. The van der Waals surface area contributed by atoms with Crippen molar-refractivity contribution in [2.45, 2.75) is 12.8 Å². The van der Waals surface area contributed by atoms with Crippen molar-refractivity contribution < 1.29 is 19.2 Å². The molecule has 7 heteroatoms. The van der Waals surface area contributed by atoms with E-state index in [0.717, 1.165) is 0 Å². The molecule has 1 aliphatic rings. The van der Waals surface area contributed by atoms with Crippen LogP contribution in [0, 0.1) is 16.0 Å². The van der Waals surface area contributed by atoms with Gasteiger partial charge in [-0.25, -0.2) is 0 Å². The Morgan fingerprint density at radius 2 is 1.83 bits per heavy atom. The molecule has 1 saturated heterocycles. The molecule has 150 valence electrons. The third-order valence-corrected chi connectivity index (χ3v) is 5.05. The van der Waals surface area contributed by atoms with Crippen LogP contribution in [0.1, 0.15) is 28.8 Å². The van der Waals surface area contributed by atoms with Crippen LogP contribution in [0.5, 0.6) is 5.75 Å². The van der Waals surface area contributed by atoms with E-state index in [-0.39, 0.29) is 23.3 Å². The summed E-state index contributed by atoms with van der Waals surface area (Å²) in [6, 6.07) is 13.2. The van der Waals surface area contributed by atoms with Gasteiger partial charge in [0.15, 0.2) is 5.78 Å². The van der Waals surface area contributed by atoms with Crippen molar-refractivity contribution >= 4 is 23.5 Å². The number of nitro groups is 1. The van der Waals surface area contributed by atoms with E-state index in [1.807, 2.05) is 0 Å². The number of carbonyl (C=O) groups excluding carboxylic acids is 2. The van der Waals surface area contributed by atoms with Crippen molar-refractivity contribution in [3.05, 3.63) is 75.8 Å². The van der Waals surface area contributed by atoms with E-state index < -0.39 is 4.92 Å². The maximum absolute atomic E-state index is 12.7. The Balaban J connectivity index is 1.55. The first kappa shape index (κ1) is 20.3. The van der Waals surface area contributed by atoms with Gasteiger partial charge in [0.2, 0.25) is 5.91 Å². The van der Waals surface area contributed by atoms with Crippen LogP contribution in [0.15, 0.2) is 54.6 Å². The lowest BCUT2D eigenvalue weighted by Crippen LogP contribution is -2.39. The van der Waals surface area contributed by atoms with Crippen LogP contribution in [0.3, 0.4) is 0 Å². The first-order valence-corrected chi connectivity index (χ1v) is 9.37. The number of Topliss-reactive ketones (excluding diaryl/α,β-unsaturated/α-hetero) is 1. The summed E-state index contributed by atoms with van der Waals surface area (Å²) in [5.74, 6) is 0.532. The van der Waals surface area contributed by atoms with E-state index in [1.165, 1.54) is 18.2 Å². The fourth-order valence-corrected chi connectivity index (χ4v) is 3.37. The Morgan fingerprint density at radius 1 is 1.14 bits per heavy atom. The highest BCUT2D eigenvalue weighted by Crippen LogP contribution is 2.23. The Morgan fingerprint density at radius 3 is 2.45 bits per heavy atom. The number of hydrogen-bond donors (Lipinski definition) is 0. The maximum atomic E-state index is 12.7. The Labute approximate surface area is 168 Å². The molecule has 1 amide bonds. The minimum atomic E-state index is -0.468. The lowest BCUT2D eigenvalue weighted by atomic mass is 9.89. The van der Waals surface area contributed by atoms with Crippen LogP contribution in [0.2, 0.25) is 0 Å². The zero-order valence-electron chi connectivity index (χ0n) is 16.1. The number of carbonyl (C=O) groups is 2. The molecule has 3 rings (SSSR count). The van der Waals surface area contributed by atoms with Crippen molar-refractivity contribution in [1.29, 1.82) is 0 Å². The van der Waals surface area contributed by atoms with Gasteiger partial charge < -0.3 is 9.64 Å². The number of likely N-dealkylation sites (tertiary alicyclic amines) is 1. The predicted molar refractivity (Wildman–Crippen MR) is 109 cm³/mol. The van der Waals surface area contributed by atoms with Crippen molar-refractivity contribution in [3.8, 4) is 5.75 Å². The number of nitro benzene ring substituents is 1. The van der Waals surface area contributed by atoms with Gasteiger partial charge in [-0.3, -0.25) is 19.7 Å². The molecule has 1 fully saturated rings. The lowest BCUT2D eigenvalue weighted by Gasteiger charge is -2.30. The van der Waals surface area contributed by atoms with Crippen molar-refractivity contribution in [1.82, 2.24) is 4.90 Å². The molecule has 0 bridgehead atoms. The third kappa shape index (κ3) is 5.07. The minimum absolute atomic E-state index is 0.0162. The van der Waals surface area contributed by atoms with Crippen LogP contribution in [0.25, 0.3) is 6.08 Å². The van der Waals surface area contributed by atoms with Gasteiger partial charge in [-0.05, 0) is 48.7 Å². The highest BCUT2D eigenvalue weighted by molar-refractivity contribution is 5.98. The van der Waals surface area contributed by atoms with Gasteiger partial charge in [0.1, 0.15) is 5.75 Å². The van der Waals surface area contributed by atoms with Gasteiger partial charge in [0.25, 0.3) is 5.69 Å². The first-order valence-electron chi connectivity index (χ1n) is 9.37. The number of ketones is 1. The summed E-state index contributed by atoms with van der Waals surface area (Å²) in [6.45, 7) is 1.01. The molecular weight excluding hydrogens is 372 g/mol. The molecule has 1 aliphatic heterocycles. The molecule has 0 N–H and O–H groups in total.